The molecule has 0 N–H and O–H groups in total. The molecule has 0 aromatic heterocycles. The Labute approximate surface area is 142 Å². The van der Waals surface area contributed by atoms with Crippen molar-refractivity contribution < 1.29 is 18.8 Å². The fraction of sp³-hybridized carbons (Fsp3) is 0.778. The van der Waals surface area contributed by atoms with E-state index in [2.05, 4.69) is 33.9 Å². The second kappa shape index (κ2) is 9.38. The van der Waals surface area contributed by atoms with Crippen molar-refractivity contribution in [3.8, 4) is 0 Å². The van der Waals surface area contributed by atoms with Crippen molar-refractivity contribution in [2.75, 3.05) is 6.61 Å². The molecule has 0 aliphatic carbocycles. The molecule has 0 heterocycles. The van der Waals surface area contributed by atoms with Gasteiger partial charge in [0.25, 0.3) is 0 Å². The summed E-state index contributed by atoms with van der Waals surface area (Å²) >= 11 is 0. The van der Waals surface area contributed by atoms with E-state index < -0.39 is 14.4 Å². The number of allylic oxidation sites excluding steroid dienone is 1. The first kappa shape index (κ1) is 22.1. The molecule has 0 aromatic carbocycles. The van der Waals surface area contributed by atoms with Crippen LogP contribution in [0.1, 0.15) is 60.8 Å². The third-order valence-electron chi connectivity index (χ3n) is 4.41. The minimum Gasteiger partial charge on any atom is -0.466 e. The van der Waals surface area contributed by atoms with Gasteiger partial charge in [-0.2, -0.15) is 0 Å². The van der Waals surface area contributed by atoms with Gasteiger partial charge < -0.3 is 9.16 Å². The van der Waals surface area contributed by atoms with Crippen molar-refractivity contribution in [2.24, 2.45) is 0 Å². The molecule has 23 heavy (non-hydrogen) atoms. The van der Waals surface area contributed by atoms with Crippen molar-refractivity contribution in [1.29, 1.82) is 0 Å². The number of ketones is 1. The minimum absolute atomic E-state index is 0.0595. The third kappa shape index (κ3) is 8.46. The molecule has 5 heteroatoms. The molecule has 1 atom stereocenters. The fourth-order valence-corrected chi connectivity index (χ4v) is 3.10. The van der Waals surface area contributed by atoms with Gasteiger partial charge in [-0.3, -0.25) is 9.59 Å². The van der Waals surface area contributed by atoms with Crippen LogP contribution >= 0.6 is 0 Å². The van der Waals surface area contributed by atoms with Crippen molar-refractivity contribution in [2.45, 2.75) is 85.0 Å². The number of esters is 1. The molecule has 0 aromatic rings. The molecule has 0 aliphatic rings. The van der Waals surface area contributed by atoms with Crippen molar-refractivity contribution >= 4 is 20.1 Å². The molecule has 0 radical (unpaired) electrons. The molecular weight excluding hydrogens is 308 g/mol. The molecular formula is C18H34O4Si. The van der Waals surface area contributed by atoms with Gasteiger partial charge in [-0.1, -0.05) is 32.4 Å². The lowest BCUT2D eigenvalue weighted by Crippen LogP contribution is -2.45. The summed E-state index contributed by atoms with van der Waals surface area (Å²) in [6, 6.07) is 0. The number of hydrogen-bond donors (Lipinski definition) is 0. The Kier molecular flexibility index (Phi) is 8.99. The van der Waals surface area contributed by atoms with Gasteiger partial charge in [-0.05, 0) is 51.7 Å². The van der Waals surface area contributed by atoms with E-state index in [4.69, 9.17) is 9.16 Å². The topological polar surface area (TPSA) is 52.6 Å². The predicted molar refractivity (Wildman–Crippen MR) is 97.0 cm³/mol. The average Bonchev–Trinajstić information content (AvgIpc) is 2.39. The summed E-state index contributed by atoms with van der Waals surface area (Å²) in [6.07, 6.45) is 3.22. The summed E-state index contributed by atoms with van der Waals surface area (Å²) in [5, 5.41) is 0.0728. The van der Waals surface area contributed by atoms with E-state index in [1.807, 2.05) is 13.0 Å². The van der Waals surface area contributed by atoms with Gasteiger partial charge >= 0.3 is 5.97 Å². The molecule has 0 saturated carbocycles. The largest absolute Gasteiger partial charge is 0.466 e. The first-order valence-corrected chi connectivity index (χ1v) is 11.3. The fourth-order valence-electron chi connectivity index (χ4n) is 1.77. The predicted octanol–water partition coefficient (Wildman–Crippen LogP) is 4.65. The van der Waals surface area contributed by atoms with Gasteiger partial charge in [-0.15, -0.1) is 0 Å². The smallest absolute Gasteiger partial charge is 0.306 e. The van der Waals surface area contributed by atoms with Crippen LogP contribution in [-0.4, -0.2) is 32.8 Å². The zero-order chi connectivity index (χ0) is 18.3. The first-order valence-electron chi connectivity index (χ1n) is 8.40. The van der Waals surface area contributed by atoms with E-state index in [0.29, 0.717) is 25.9 Å². The highest BCUT2D eigenvalue weighted by Gasteiger charge is 2.39. The van der Waals surface area contributed by atoms with E-state index in [0.717, 1.165) is 5.57 Å². The Morgan fingerprint density at radius 2 is 1.70 bits per heavy atom. The van der Waals surface area contributed by atoms with Crippen LogP contribution in [0.2, 0.25) is 18.1 Å². The maximum absolute atomic E-state index is 11.9. The van der Waals surface area contributed by atoms with Crippen LogP contribution in [0.15, 0.2) is 11.6 Å². The second-order valence-corrected chi connectivity index (χ2v) is 12.3. The number of carbonyl (C=O) groups is 2. The number of Topliss-reactive ketones (excluding diaryl/α,β-unsaturated/α-hetero) is 1. The number of ether oxygens (including phenoxy) is 1. The van der Waals surface area contributed by atoms with Gasteiger partial charge in [0.2, 0.25) is 0 Å². The Bertz CT molecular complexity index is 433. The number of hydrogen-bond acceptors (Lipinski definition) is 4. The van der Waals surface area contributed by atoms with Gasteiger partial charge in [0, 0.05) is 6.42 Å². The van der Waals surface area contributed by atoms with Gasteiger partial charge in [0.05, 0.1) is 6.61 Å². The Morgan fingerprint density at radius 3 is 2.13 bits per heavy atom. The SMILES string of the molecule is CCOC(=O)CC/C(C)=C/C[C@H](O[Si](C)(C)C(C)(C)C)C(C)=O. The minimum atomic E-state index is -1.97. The lowest BCUT2D eigenvalue weighted by atomic mass is 10.1. The van der Waals surface area contributed by atoms with Gasteiger partial charge in [0.15, 0.2) is 14.1 Å². The quantitative estimate of drug-likeness (QED) is 0.348. The normalized spacial score (nSPS) is 14.5. The maximum Gasteiger partial charge on any atom is 0.306 e. The zero-order valence-corrected chi connectivity index (χ0v) is 17.1. The first-order chi connectivity index (χ1) is 10.4. The molecule has 0 rings (SSSR count). The molecule has 134 valence electrons. The summed E-state index contributed by atoms with van der Waals surface area (Å²) in [7, 11) is -1.97. The van der Waals surface area contributed by atoms with Crippen LogP contribution < -0.4 is 0 Å². The molecule has 4 nitrogen and oxygen atoms in total. The van der Waals surface area contributed by atoms with E-state index in [1.54, 1.807) is 13.8 Å². The van der Waals surface area contributed by atoms with E-state index in [-0.39, 0.29) is 16.8 Å². The van der Waals surface area contributed by atoms with E-state index in [1.165, 1.54) is 0 Å². The molecule has 0 bridgehead atoms. The van der Waals surface area contributed by atoms with E-state index >= 15 is 0 Å². The number of rotatable bonds is 9. The van der Waals surface area contributed by atoms with Crippen molar-refractivity contribution in [3.05, 3.63) is 11.6 Å². The third-order valence-corrected chi connectivity index (χ3v) is 8.89. The summed E-state index contributed by atoms with van der Waals surface area (Å²) < 4.78 is 11.2. The van der Waals surface area contributed by atoms with Crippen molar-refractivity contribution in [3.63, 3.8) is 0 Å². The van der Waals surface area contributed by atoms with Crippen LogP contribution in [0.5, 0.6) is 0 Å². The van der Waals surface area contributed by atoms with Gasteiger partial charge in [0.1, 0.15) is 6.10 Å². The summed E-state index contributed by atoms with van der Waals surface area (Å²) in [6.45, 7) is 16.6. The zero-order valence-electron chi connectivity index (χ0n) is 16.1. The molecule has 0 aliphatic heterocycles. The highest BCUT2D eigenvalue weighted by Crippen LogP contribution is 2.37. The Hall–Kier alpha value is -0.943. The summed E-state index contributed by atoms with van der Waals surface area (Å²) in [5.74, 6) is -0.120. The molecule has 0 amide bonds. The van der Waals surface area contributed by atoms with Crippen LogP contribution in [0, 0.1) is 0 Å². The summed E-state index contributed by atoms with van der Waals surface area (Å²) in [5.41, 5.74) is 1.09. The molecule has 0 spiro atoms. The van der Waals surface area contributed by atoms with Crippen LogP contribution in [0.4, 0.5) is 0 Å². The highest BCUT2D eigenvalue weighted by atomic mass is 28.4. The second-order valence-electron chi connectivity index (χ2n) is 7.57. The monoisotopic (exact) mass is 342 g/mol. The average molecular weight is 343 g/mol. The van der Waals surface area contributed by atoms with Crippen LogP contribution in [0.3, 0.4) is 0 Å². The lowest BCUT2D eigenvalue weighted by Gasteiger charge is -2.38. The highest BCUT2D eigenvalue weighted by molar-refractivity contribution is 6.74. The molecule has 0 saturated heterocycles. The lowest BCUT2D eigenvalue weighted by molar-refractivity contribution is -0.143. The maximum atomic E-state index is 11.9. The number of carbonyl (C=O) groups excluding carboxylic acids is 2. The Balaban J connectivity index is 4.69. The standard InChI is InChI=1S/C18H34O4Si/c1-9-21-17(20)13-11-14(2)10-12-16(15(3)19)22-23(7,8)18(4,5)6/h10,16H,9,11-13H2,1-8H3/b14-10+/t16-/m0/s1. The van der Waals surface area contributed by atoms with Crippen molar-refractivity contribution in [1.82, 2.24) is 0 Å². The van der Waals surface area contributed by atoms with Gasteiger partial charge in [-0.25, -0.2) is 0 Å². The molecule has 0 unspecified atom stereocenters. The van der Waals surface area contributed by atoms with Crippen LogP contribution in [0.25, 0.3) is 0 Å². The van der Waals surface area contributed by atoms with E-state index in [9.17, 15) is 9.59 Å². The Morgan fingerprint density at radius 1 is 1.13 bits per heavy atom. The van der Waals surface area contributed by atoms with Crippen LogP contribution in [-0.2, 0) is 18.8 Å². The summed E-state index contributed by atoms with van der Waals surface area (Å²) in [4.78, 5) is 23.3. The molecule has 0 fully saturated rings.